The predicted molar refractivity (Wildman–Crippen MR) is 69.4 cm³/mol. The first kappa shape index (κ1) is 14.9. The Hall–Kier alpha value is -0.0800. The van der Waals surface area contributed by atoms with E-state index < -0.39 is 0 Å². The minimum absolute atomic E-state index is 0.243. The van der Waals surface area contributed by atoms with E-state index in [1.807, 2.05) is 0 Å². The van der Waals surface area contributed by atoms with E-state index >= 15 is 0 Å². The molecule has 0 amide bonds. The monoisotopic (exact) mass is 214 g/mol. The fraction of sp³-hybridized carbons (Fsp3) is 1.00. The summed E-state index contributed by atoms with van der Waals surface area (Å²) < 4.78 is 0. The summed E-state index contributed by atoms with van der Waals surface area (Å²) in [6.45, 7) is 13.3. The van der Waals surface area contributed by atoms with Gasteiger partial charge in [-0.15, -0.1) is 0 Å². The van der Waals surface area contributed by atoms with Crippen molar-refractivity contribution in [2.75, 3.05) is 13.1 Å². The number of hydrogen-bond acceptors (Lipinski definition) is 2. The van der Waals surface area contributed by atoms with Gasteiger partial charge in [0.1, 0.15) is 0 Å². The number of unbranched alkanes of at least 4 members (excludes halogenated alkanes) is 2. The molecular weight excluding hydrogens is 184 g/mol. The average molecular weight is 214 g/mol. The highest BCUT2D eigenvalue weighted by Crippen LogP contribution is 2.02. The van der Waals surface area contributed by atoms with Gasteiger partial charge in [-0.05, 0) is 34.1 Å². The molecule has 0 bridgehead atoms. The molecule has 0 heterocycles. The van der Waals surface area contributed by atoms with Crippen LogP contribution in [0.25, 0.3) is 0 Å². The van der Waals surface area contributed by atoms with E-state index in [1.54, 1.807) is 0 Å². The van der Waals surface area contributed by atoms with Crippen molar-refractivity contribution in [3.63, 3.8) is 0 Å². The molecule has 0 spiro atoms. The maximum atomic E-state index is 3.55. The lowest BCUT2D eigenvalue weighted by Crippen LogP contribution is -2.41. The van der Waals surface area contributed by atoms with Crippen LogP contribution in [-0.2, 0) is 0 Å². The summed E-state index contributed by atoms with van der Waals surface area (Å²) in [6.07, 6.45) is 5.35. The fourth-order valence-electron chi connectivity index (χ4n) is 1.56. The van der Waals surface area contributed by atoms with E-state index in [-0.39, 0.29) is 5.54 Å². The Morgan fingerprint density at radius 2 is 1.73 bits per heavy atom. The van der Waals surface area contributed by atoms with E-state index in [1.165, 1.54) is 25.7 Å². The smallest absolute Gasteiger partial charge is 0.00970 e. The summed E-state index contributed by atoms with van der Waals surface area (Å²) in [5.41, 5.74) is 0.243. The highest BCUT2D eigenvalue weighted by molar-refractivity contribution is 4.71. The molecule has 0 aliphatic heterocycles. The third kappa shape index (κ3) is 11.8. The minimum atomic E-state index is 0.243. The van der Waals surface area contributed by atoms with Crippen LogP contribution in [0.3, 0.4) is 0 Å². The molecule has 0 aliphatic rings. The van der Waals surface area contributed by atoms with Gasteiger partial charge in [0.2, 0.25) is 0 Å². The number of rotatable bonds is 8. The van der Waals surface area contributed by atoms with Crippen LogP contribution in [0, 0.1) is 0 Å². The van der Waals surface area contributed by atoms with Crippen LogP contribution in [0.4, 0.5) is 0 Å². The molecule has 0 saturated carbocycles. The van der Waals surface area contributed by atoms with Gasteiger partial charge in [0.15, 0.2) is 0 Å². The van der Waals surface area contributed by atoms with Gasteiger partial charge in [0.05, 0.1) is 0 Å². The molecule has 0 aliphatic carbocycles. The Labute approximate surface area is 96.2 Å². The van der Waals surface area contributed by atoms with Gasteiger partial charge in [0.25, 0.3) is 0 Å². The van der Waals surface area contributed by atoms with Gasteiger partial charge >= 0.3 is 0 Å². The molecule has 1 atom stereocenters. The van der Waals surface area contributed by atoms with Crippen molar-refractivity contribution in [3.05, 3.63) is 0 Å². The maximum Gasteiger partial charge on any atom is 0.00970 e. The lowest BCUT2D eigenvalue weighted by molar-refractivity contribution is 0.406. The molecule has 0 saturated heterocycles. The zero-order chi connectivity index (χ0) is 11.7. The summed E-state index contributed by atoms with van der Waals surface area (Å²) in [5, 5.41) is 7.03. The van der Waals surface area contributed by atoms with Gasteiger partial charge in [-0.2, -0.15) is 0 Å². The molecule has 0 radical (unpaired) electrons. The quantitative estimate of drug-likeness (QED) is 0.607. The van der Waals surface area contributed by atoms with Crippen LogP contribution < -0.4 is 10.6 Å². The Kier molecular flexibility index (Phi) is 8.07. The molecule has 2 nitrogen and oxygen atoms in total. The van der Waals surface area contributed by atoms with Crippen LogP contribution in [0.15, 0.2) is 0 Å². The normalized spacial score (nSPS) is 14.2. The molecule has 0 rings (SSSR count). The SMILES string of the molecule is CCCCCC(C)NCCNC(C)(C)C. The fourth-order valence-corrected chi connectivity index (χ4v) is 1.56. The van der Waals surface area contributed by atoms with Gasteiger partial charge in [-0.3, -0.25) is 0 Å². The van der Waals surface area contributed by atoms with Crippen molar-refractivity contribution in [1.82, 2.24) is 10.6 Å². The zero-order valence-electron chi connectivity index (χ0n) is 11.3. The Balaban J connectivity index is 3.27. The van der Waals surface area contributed by atoms with Crippen molar-refractivity contribution in [1.29, 1.82) is 0 Å². The largest absolute Gasteiger partial charge is 0.313 e. The van der Waals surface area contributed by atoms with E-state index in [0.717, 1.165) is 13.1 Å². The zero-order valence-corrected chi connectivity index (χ0v) is 11.3. The maximum absolute atomic E-state index is 3.55. The molecule has 2 heteroatoms. The first-order valence-electron chi connectivity index (χ1n) is 6.44. The van der Waals surface area contributed by atoms with Crippen LogP contribution >= 0.6 is 0 Å². The summed E-state index contributed by atoms with van der Waals surface area (Å²) in [4.78, 5) is 0. The van der Waals surface area contributed by atoms with E-state index in [0.29, 0.717) is 6.04 Å². The van der Waals surface area contributed by atoms with Crippen LogP contribution in [0.1, 0.15) is 60.3 Å². The average Bonchev–Trinajstić information content (AvgIpc) is 2.11. The first-order valence-corrected chi connectivity index (χ1v) is 6.44. The molecular formula is C13H30N2. The summed E-state index contributed by atoms with van der Waals surface area (Å²) in [6, 6.07) is 0.665. The second-order valence-corrected chi connectivity index (χ2v) is 5.53. The second-order valence-electron chi connectivity index (χ2n) is 5.53. The molecule has 2 N–H and O–H groups in total. The van der Waals surface area contributed by atoms with Crippen molar-refractivity contribution in [2.45, 2.75) is 71.9 Å². The van der Waals surface area contributed by atoms with E-state index in [9.17, 15) is 0 Å². The highest BCUT2D eigenvalue weighted by Gasteiger charge is 2.07. The van der Waals surface area contributed by atoms with E-state index in [4.69, 9.17) is 0 Å². The van der Waals surface area contributed by atoms with Crippen molar-refractivity contribution in [3.8, 4) is 0 Å². The molecule has 0 fully saturated rings. The van der Waals surface area contributed by atoms with Gasteiger partial charge in [0, 0.05) is 24.7 Å². The third-order valence-corrected chi connectivity index (χ3v) is 2.51. The third-order valence-electron chi connectivity index (χ3n) is 2.51. The standard InChI is InChI=1S/C13H30N2/c1-6-7-8-9-12(2)14-10-11-15-13(3,4)5/h12,14-15H,6-11H2,1-5H3. The lowest BCUT2D eigenvalue weighted by Gasteiger charge is -2.21. The lowest BCUT2D eigenvalue weighted by atomic mass is 10.1. The highest BCUT2D eigenvalue weighted by atomic mass is 15.0. The van der Waals surface area contributed by atoms with Gasteiger partial charge in [-0.25, -0.2) is 0 Å². The summed E-state index contributed by atoms with van der Waals surface area (Å²) in [5.74, 6) is 0. The Morgan fingerprint density at radius 3 is 2.27 bits per heavy atom. The molecule has 0 aromatic heterocycles. The first-order chi connectivity index (χ1) is 6.95. The number of nitrogens with one attached hydrogen (secondary N) is 2. The summed E-state index contributed by atoms with van der Waals surface area (Å²) >= 11 is 0. The molecule has 0 aromatic rings. The predicted octanol–water partition coefficient (Wildman–Crippen LogP) is 2.93. The van der Waals surface area contributed by atoms with Gasteiger partial charge in [-0.1, -0.05) is 26.2 Å². The molecule has 0 aromatic carbocycles. The second kappa shape index (κ2) is 8.12. The number of hydrogen-bond donors (Lipinski definition) is 2. The van der Waals surface area contributed by atoms with E-state index in [2.05, 4.69) is 45.3 Å². The Bertz CT molecular complexity index is 138. The van der Waals surface area contributed by atoms with Crippen LogP contribution in [-0.4, -0.2) is 24.7 Å². The summed E-state index contributed by atoms with van der Waals surface area (Å²) in [7, 11) is 0. The molecule has 1 unspecified atom stereocenters. The van der Waals surface area contributed by atoms with Crippen LogP contribution in [0.2, 0.25) is 0 Å². The van der Waals surface area contributed by atoms with Crippen molar-refractivity contribution >= 4 is 0 Å². The topological polar surface area (TPSA) is 24.1 Å². The minimum Gasteiger partial charge on any atom is -0.313 e. The molecule has 92 valence electrons. The Morgan fingerprint density at radius 1 is 1.07 bits per heavy atom. The van der Waals surface area contributed by atoms with Crippen molar-refractivity contribution < 1.29 is 0 Å². The van der Waals surface area contributed by atoms with Gasteiger partial charge < -0.3 is 10.6 Å². The van der Waals surface area contributed by atoms with Crippen molar-refractivity contribution in [2.24, 2.45) is 0 Å². The van der Waals surface area contributed by atoms with Crippen LogP contribution in [0.5, 0.6) is 0 Å². The molecule has 15 heavy (non-hydrogen) atoms.